The molecule has 0 fully saturated rings. The molecule has 4 nitrogen and oxygen atoms in total. The van der Waals surface area contributed by atoms with Gasteiger partial charge in [0.1, 0.15) is 0 Å². The summed E-state index contributed by atoms with van der Waals surface area (Å²) in [5, 5.41) is 0. The summed E-state index contributed by atoms with van der Waals surface area (Å²) < 4.78 is 5.93. The van der Waals surface area contributed by atoms with Crippen LogP contribution in [0.2, 0.25) is 12.6 Å². The van der Waals surface area contributed by atoms with Crippen LogP contribution >= 0.6 is 0 Å². The first-order chi connectivity index (χ1) is 11.4. The van der Waals surface area contributed by atoms with E-state index in [1.54, 1.807) is 0 Å². The molecule has 0 heterocycles. The van der Waals surface area contributed by atoms with Crippen LogP contribution in [0.25, 0.3) is 0 Å². The van der Waals surface area contributed by atoms with Crippen molar-refractivity contribution in [1.82, 2.24) is 14.7 Å². The maximum atomic E-state index is 5.93. The summed E-state index contributed by atoms with van der Waals surface area (Å²) in [7, 11) is 4.86. The molecule has 1 atom stereocenters. The van der Waals surface area contributed by atoms with Crippen LogP contribution in [0.4, 0.5) is 0 Å². The lowest BCUT2D eigenvalue weighted by atomic mass is 10.3. The van der Waals surface area contributed by atoms with Crippen molar-refractivity contribution in [1.29, 1.82) is 0 Å². The maximum absolute atomic E-state index is 5.93. The normalized spacial score (nSPS) is 14.8. The average Bonchev–Trinajstić information content (AvgIpc) is 2.55. The largest absolute Gasteiger partial charge is 0.419 e. The van der Waals surface area contributed by atoms with Gasteiger partial charge in [-0.1, -0.05) is 20.8 Å². The molecule has 0 saturated carbocycles. The molecular formula is C19H45N3OSi. The van der Waals surface area contributed by atoms with Crippen molar-refractivity contribution in [3.63, 3.8) is 0 Å². The third-order valence-electron chi connectivity index (χ3n) is 5.04. The van der Waals surface area contributed by atoms with Crippen LogP contribution in [-0.2, 0) is 4.43 Å². The second-order valence-electron chi connectivity index (χ2n) is 7.60. The lowest BCUT2D eigenvalue weighted by Crippen LogP contribution is -2.47. The molecule has 1 unspecified atom stereocenters. The van der Waals surface area contributed by atoms with Crippen molar-refractivity contribution >= 4 is 8.32 Å². The van der Waals surface area contributed by atoms with Gasteiger partial charge in [-0.3, -0.25) is 0 Å². The van der Waals surface area contributed by atoms with Gasteiger partial charge in [0.2, 0.25) is 8.32 Å². The zero-order valence-corrected chi connectivity index (χ0v) is 18.7. The summed E-state index contributed by atoms with van der Waals surface area (Å²) in [6.07, 6.45) is 6.19. The third kappa shape index (κ3) is 11.6. The minimum absolute atomic E-state index is 1.18. The second-order valence-corrected chi connectivity index (χ2v) is 11.9. The molecule has 0 radical (unpaired) electrons. The molecule has 0 amide bonds. The Balaban J connectivity index is 4.37. The zero-order chi connectivity index (χ0) is 18.4. The molecule has 0 aromatic carbocycles. The quantitative estimate of drug-likeness (QED) is 0.392. The van der Waals surface area contributed by atoms with Gasteiger partial charge >= 0.3 is 0 Å². The lowest BCUT2D eigenvalue weighted by molar-refractivity contribution is 0.237. The Morgan fingerprint density at radius 2 is 1.21 bits per heavy atom. The van der Waals surface area contributed by atoms with Crippen LogP contribution < -0.4 is 0 Å². The Hall–Kier alpha value is 0.0569. The van der Waals surface area contributed by atoms with Gasteiger partial charge in [-0.05, 0) is 91.6 Å². The summed E-state index contributed by atoms with van der Waals surface area (Å²) in [6.45, 7) is 16.4. The molecule has 0 aliphatic rings. The molecule has 0 N–H and O–H groups in total. The van der Waals surface area contributed by atoms with Gasteiger partial charge in [-0.25, -0.2) is 0 Å². The van der Waals surface area contributed by atoms with Gasteiger partial charge in [-0.2, -0.15) is 0 Å². The Morgan fingerprint density at radius 3 is 1.54 bits per heavy atom. The van der Waals surface area contributed by atoms with E-state index in [2.05, 4.69) is 56.1 Å². The second kappa shape index (κ2) is 14.2. The monoisotopic (exact) mass is 359 g/mol. The van der Waals surface area contributed by atoms with E-state index >= 15 is 0 Å². The zero-order valence-electron chi connectivity index (χ0n) is 17.7. The van der Waals surface area contributed by atoms with Crippen LogP contribution in [0.15, 0.2) is 0 Å². The van der Waals surface area contributed by atoms with Crippen LogP contribution in [-0.4, -0.2) is 89.7 Å². The van der Waals surface area contributed by atoms with Crippen molar-refractivity contribution in [2.24, 2.45) is 0 Å². The van der Waals surface area contributed by atoms with Gasteiger partial charge in [0.25, 0.3) is 0 Å². The minimum atomic E-state index is -1.55. The van der Waals surface area contributed by atoms with Crippen molar-refractivity contribution < 1.29 is 4.43 Å². The molecule has 146 valence electrons. The van der Waals surface area contributed by atoms with Crippen LogP contribution in [0.3, 0.4) is 0 Å². The highest BCUT2D eigenvalue weighted by Gasteiger charge is 2.28. The highest BCUT2D eigenvalue weighted by molar-refractivity contribution is 6.72. The molecule has 0 aliphatic heterocycles. The van der Waals surface area contributed by atoms with E-state index in [9.17, 15) is 0 Å². The molecular weight excluding hydrogens is 314 g/mol. The summed E-state index contributed by atoms with van der Waals surface area (Å²) in [4.78, 5) is 7.60. The Labute approximate surface area is 153 Å². The van der Waals surface area contributed by atoms with Crippen molar-refractivity contribution in [3.05, 3.63) is 0 Å². The average molecular weight is 360 g/mol. The number of hydrogen-bond donors (Lipinski definition) is 0. The summed E-state index contributed by atoms with van der Waals surface area (Å²) in [5.74, 6) is 0. The van der Waals surface area contributed by atoms with Crippen LogP contribution in [0.5, 0.6) is 0 Å². The lowest BCUT2D eigenvalue weighted by Gasteiger charge is -2.32. The Bertz CT molecular complexity index is 270. The highest BCUT2D eigenvalue weighted by Crippen LogP contribution is 2.13. The van der Waals surface area contributed by atoms with E-state index in [4.69, 9.17) is 4.43 Å². The van der Waals surface area contributed by atoms with Crippen LogP contribution in [0, 0.1) is 0 Å². The highest BCUT2D eigenvalue weighted by atomic mass is 28.4. The van der Waals surface area contributed by atoms with Crippen molar-refractivity contribution in [2.45, 2.75) is 59.0 Å². The van der Waals surface area contributed by atoms with E-state index < -0.39 is 8.32 Å². The predicted octanol–water partition coefficient (Wildman–Crippen LogP) is 3.53. The van der Waals surface area contributed by atoms with Gasteiger partial charge in [0.05, 0.1) is 0 Å². The van der Waals surface area contributed by atoms with Gasteiger partial charge in [0, 0.05) is 13.3 Å². The Kier molecular flexibility index (Phi) is 14.3. The van der Waals surface area contributed by atoms with Gasteiger partial charge in [-0.15, -0.1) is 0 Å². The van der Waals surface area contributed by atoms with E-state index in [1.165, 1.54) is 77.2 Å². The smallest absolute Gasteiger partial charge is 0.202 e. The summed E-state index contributed by atoms with van der Waals surface area (Å²) >= 11 is 0. The molecule has 0 saturated heterocycles. The maximum Gasteiger partial charge on any atom is 0.202 e. The molecule has 5 heteroatoms. The summed E-state index contributed by atoms with van der Waals surface area (Å²) in [5.41, 5.74) is 0. The van der Waals surface area contributed by atoms with Crippen molar-refractivity contribution in [3.8, 4) is 0 Å². The first kappa shape index (κ1) is 24.1. The fourth-order valence-corrected chi connectivity index (χ4v) is 5.08. The third-order valence-corrected chi connectivity index (χ3v) is 8.64. The molecule has 0 spiro atoms. The minimum Gasteiger partial charge on any atom is -0.419 e. The topological polar surface area (TPSA) is 19.0 Å². The molecule has 0 rings (SSSR count). The number of nitrogens with zero attached hydrogens (tertiary/aromatic N) is 3. The van der Waals surface area contributed by atoms with Crippen molar-refractivity contribution in [2.75, 3.05) is 66.6 Å². The van der Waals surface area contributed by atoms with Gasteiger partial charge in [0.15, 0.2) is 0 Å². The summed E-state index contributed by atoms with van der Waals surface area (Å²) in [6, 6.07) is 1.20. The van der Waals surface area contributed by atoms with E-state index in [1.807, 2.05) is 7.11 Å². The standard InChI is InChI=1S/C19H45N3OSi/c1-8-13-20(4)15-11-17-22(19-24(7,10-3)23-6)18-12-16-21(5)14-9-2/h8-19H2,1-7H3. The van der Waals surface area contributed by atoms with E-state index in [0.717, 1.165) is 0 Å². The fraction of sp³-hybridized carbons (Fsp3) is 1.00. The number of rotatable bonds is 16. The fourth-order valence-electron chi connectivity index (χ4n) is 3.18. The molecule has 0 aliphatic carbocycles. The first-order valence-corrected chi connectivity index (χ1v) is 12.9. The molecule has 24 heavy (non-hydrogen) atoms. The van der Waals surface area contributed by atoms with Gasteiger partial charge < -0.3 is 19.1 Å². The molecule has 0 bridgehead atoms. The molecule has 0 aromatic rings. The van der Waals surface area contributed by atoms with E-state index in [0.29, 0.717) is 0 Å². The number of hydrogen-bond acceptors (Lipinski definition) is 4. The first-order valence-electron chi connectivity index (χ1n) is 10.0. The van der Waals surface area contributed by atoms with E-state index in [-0.39, 0.29) is 0 Å². The van der Waals surface area contributed by atoms with Crippen LogP contribution in [0.1, 0.15) is 46.5 Å². The molecule has 0 aromatic heterocycles. The predicted molar refractivity (Wildman–Crippen MR) is 110 cm³/mol. The SMILES string of the molecule is CCCN(C)CCCN(CCCN(C)CCC)C[Si](C)(CC)OC. The Morgan fingerprint density at radius 1 is 0.750 bits per heavy atom.